The van der Waals surface area contributed by atoms with Crippen molar-refractivity contribution in [2.24, 2.45) is 0 Å². The number of halogens is 1. The predicted octanol–water partition coefficient (Wildman–Crippen LogP) is 1.59. The molecule has 1 atom stereocenters. The van der Waals surface area contributed by atoms with Crippen LogP contribution in [0, 0.1) is 6.92 Å². The highest BCUT2D eigenvalue weighted by atomic mass is 35.5. The summed E-state index contributed by atoms with van der Waals surface area (Å²) >= 11 is 0. The minimum absolute atomic E-state index is 0. The summed E-state index contributed by atoms with van der Waals surface area (Å²) in [6.07, 6.45) is 1.08. The zero-order chi connectivity index (χ0) is 16.1. The zero-order valence-electron chi connectivity index (χ0n) is 14.0. The maximum Gasteiger partial charge on any atom is 0.245 e. The second-order valence-corrected chi connectivity index (χ2v) is 5.93. The van der Waals surface area contributed by atoms with Crippen LogP contribution in [0.3, 0.4) is 0 Å². The Labute approximate surface area is 144 Å². The standard InChI is InChI=1S/C17H25N3O2.ClH/c1-13-4-6-14(7-5-13)12-20-15(8-9-16(20)21)17(22)19(3)11-10-18-2;/h4-7,15,18H,8-12H2,1-3H3;1H. The van der Waals surface area contributed by atoms with E-state index in [1.54, 1.807) is 16.8 Å². The Morgan fingerprint density at radius 3 is 2.61 bits per heavy atom. The zero-order valence-corrected chi connectivity index (χ0v) is 14.9. The van der Waals surface area contributed by atoms with Gasteiger partial charge in [0.1, 0.15) is 6.04 Å². The van der Waals surface area contributed by atoms with Crippen molar-refractivity contribution in [2.45, 2.75) is 32.4 Å². The normalized spacial score (nSPS) is 17.1. The minimum Gasteiger partial charge on any atom is -0.343 e. The molecule has 0 radical (unpaired) electrons. The van der Waals surface area contributed by atoms with Crippen LogP contribution in [0.2, 0.25) is 0 Å². The van der Waals surface area contributed by atoms with Crippen molar-refractivity contribution in [1.29, 1.82) is 0 Å². The van der Waals surface area contributed by atoms with Gasteiger partial charge in [-0.25, -0.2) is 0 Å². The van der Waals surface area contributed by atoms with Crippen LogP contribution in [0.25, 0.3) is 0 Å². The molecule has 1 aliphatic heterocycles. The van der Waals surface area contributed by atoms with Gasteiger partial charge in [0.25, 0.3) is 0 Å². The fraction of sp³-hybridized carbons (Fsp3) is 0.529. The lowest BCUT2D eigenvalue weighted by molar-refractivity contribution is -0.140. The number of benzene rings is 1. The van der Waals surface area contributed by atoms with Crippen molar-refractivity contribution in [3.05, 3.63) is 35.4 Å². The molecule has 6 heteroatoms. The Morgan fingerprint density at radius 1 is 1.35 bits per heavy atom. The molecule has 0 spiro atoms. The van der Waals surface area contributed by atoms with Crippen LogP contribution in [0.4, 0.5) is 0 Å². The van der Waals surface area contributed by atoms with E-state index in [2.05, 4.69) is 5.32 Å². The summed E-state index contributed by atoms with van der Waals surface area (Å²) in [5, 5.41) is 3.03. The molecule has 1 fully saturated rings. The average molecular weight is 340 g/mol. The molecule has 1 heterocycles. The Morgan fingerprint density at radius 2 is 2.00 bits per heavy atom. The minimum atomic E-state index is -0.323. The van der Waals surface area contributed by atoms with Gasteiger partial charge in [-0.2, -0.15) is 0 Å². The van der Waals surface area contributed by atoms with Gasteiger partial charge in [-0.05, 0) is 26.0 Å². The van der Waals surface area contributed by atoms with Crippen LogP contribution >= 0.6 is 12.4 Å². The second kappa shape index (κ2) is 8.89. The predicted molar refractivity (Wildman–Crippen MR) is 93.6 cm³/mol. The Balaban J connectivity index is 0.00000264. The molecule has 1 N–H and O–H groups in total. The van der Waals surface area contributed by atoms with Crippen LogP contribution < -0.4 is 5.32 Å². The van der Waals surface area contributed by atoms with Crippen LogP contribution in [-0.4, -0.2) is 54.8 Å². The molecule has 1 unspecified atom stereocenters. The highest BCUT2D eigenvalue weighted by Crippen LogP contribution is 2.23. The maximum absolute atomic E-state index is 12.6. The van der Waals surface area contributed by atoms with Crippen LogP contribution in [0.1, 0.15) is 24.0 Å². The molecule has 1 aliphatic rings. The number of likely N-dealkylation sites (N-methyl/N-ethyl adjacent to an activating group) is 2. The van der Waals surface area contributed by atoms with Crippen molar-refractivity contribution in [3.8, 4) is 0 Å². The van der Waals surface area contributed by atoms with Gasteiger partial charge < -0.3 is 15.1 Å². The number of nitrogens with one attached hydrogen (secondary N) is 1. The van der Waals surface area contributed by atoms with Crippen LogP contribution in [0.5, 0.6) is 0 Å². The summed E-state index contributed by atoms with van der Waals surface area (Å²) in [6.45, 7) is 3.95. The van der Waals surface area contributed by atoms with E-state index >= 15 is 0 Å². The van der Waals surface area contributed by atoms with Crippen LogP contribution in [-0.2, 0) is 16.1 Å². The summed E-state index contributed by atoms with van der Waals surface area (Å²) in [4.78, 5) is 28.1. The van der Waals surface area contributed by atoms with Crippen molar-refractivity contribution < 1.29 is 9.59 Å². The number of nitrogens with zero attached hydrogens (tertiary/aromatic N) is 2. The molecule has 0 aromatic heterocycles. The molecule has 2 rings (SSSR count). The van der Waals surface area contributed by atoms with E-state index in [-0.39, 0.29) is 30.3 Å². The van der Waals surface area contributed by atoms with Crippen molar-refractivity contribution >= 4 is 24.2 Å². The van der Waals surface area contributed by atoms with E-state index in [1.807, 2.05) is 38.2 Å². The average Bonchev–Trinajstić information content (AvgIpc) is 2.87. The van der Waals surface area contributed by atoms with Gasteiger partial charge in [-0.3, -0.25) is 9.59 Å². The molecule has 1 aromatic rings. The van der Waals surface area contributed by atoms with Gasteiger partial charge in [0.2, 0.25) is 11.8 Å². The number of aryl methyl sites for hydroxylation is 1. The quantitative estimate of drug-likeness (QED) is 0.856. The van der Waals surface area contributed by atoms with E-state index < -0.39 is 0 Å². The van der Waals surface area contributed by atoms with Gasteiger partial charge in [0.05, 0.1) is 0 Å². The molecule has 23 heavy (non-hydrogen) atoms. The molecule has 0 aliphatic carbocycles. The number of carbonyl (C=O) groups excluding carboxylic acids is 2. The Kier molecular flexibility index (Phi) is 7.52. The van der Waals surface area contributed by atoms with E-state index in [1.165, 1.54) is 5.56 Å². The Hall–Kier alpha value is -1.59. The molecule has 2 amide bonds. The summed E-state index contributed by atoms with van der Waals surface area (Å²) < 4.78 is 0. The molecule has 0 saturated carbocycles. The number of carbonyl (C=O) groups is 2. The lowest BCUT2D eigenvalue weighted by Gasteiger charge is -2.28. The number of likely N-dealkylation sites (tertiary alicyclic amines) is 1. The third kappa shape index (κ3) is 4.94. The largest absolute Gasteiger partial charge is 0.343 e. The summed E-state index contributed by atoms with van der Waals surface area (Å²) in [5.41, 5.74) is 2.26. The molecule has 128 valence electrons. The van der Waals surface area contributed by atoms with Crippen molar-refractivity contribution in [3.63, 3.8) is 0 Å². The van der Waals surface area contributed by atoms with Gasteiger partial charge >= 0.3 is 0 Å². The van der Waals surface area contributed by atoms with Crippen molar-refractivity contribution in [2.75, 3.05) is 27.2 Å². The first kappa shape index (κ1) is 19.5. The SMILES string of the molecule is CNCCN(C)C(=O)C1CCC(=O)N1Cc1ccc(C)cc1.Cl. The summed E-state index contributed by atoms with van der Waals surface area (Å²) in [6, 6.07) is 7.79. The van der Waals surface area contributed by atoms with E-state index in [4.69, 9.17) is 0 Å². The third-order valence-corrected chi connectivity index (χ3v) is 4.16. The van der Waals surface area contributed by atoms with Crippen molar-refractivity contribution in [1.82, 2.24) is 15.1 Å². The molecule has 5 nitrogen and oxygen atoms in total. The lowest BCUT2D eigenvalue weighted by Crippen LogP contribution is -2.46. The molecule has 1 saturated heterocycles. The molecular formula is C17H26ClN3O2. The van der Waals surface area contributed by atoms with Gasteiger partial charge in [-0.1, -0.05) is 29.8 Å². The molecule has 1 aromatic carbocycles. The number of amides is 2. The number of hydrogen-bond donors (Lipinski definition) is 1. The first-order chi connectivity index (χ1) is 10.5. The van der Waals surface area contributed by atoms with E-state index in [0.717, 1.165) is 12.1 Å². The molecule has 0 bridgehead atoms. The monoisotopic (exact) mass is 339 g/mol. The number of rotatable bonds is 6. The van der Waals surface area contributed by atoms with E-state index in [9.17, 15) is 9.59 Å². The smallest absolute Gasteiger partial charge is 0.245 e. The number of hydrogen-bond acceptors (Lipinski definition) is 3. The fourth-order valence-electron chi connectivity index (χ4n) is 2.72. The van der Waals surface area contributed by atoms with Gasteiger partial charge in [-0.15, -0.1) is 12.4 Å². The highest BCUT2D eigenvalue weighted by Gasteiger charge is 2.37. The van der Waals surface area contributed by atoms with Gasteiger partial charge in [0, 0.05) is 33.1 Å². The lowest BCUT2D eigenvalue weighted by atomic mass is 10.1. The Bertz CT molecular complexity index is 533. The first-order valence-corrected chi connectivity index (χ1v) is 7.77. The topological polar surface area (TPSA) is 52.7 Å². The summed E-state index contributed by atoms with van der Waals surface area (Å²) in [7, 11) is 3.66. The summed E-state index contributed by atoms with van der Waals surface area (Å²) in [5.74, 6) is 0.106. The van der Waals surface area contributed by atoms with Crippen LogP contribution in [0.15, 0.2) is 24.3 Å². The van der Waals surface area contributed by atoms with E-state index in [0.29, 0.717) is 25.9 Å². The molecular weight excluding hydrogens is 314 g/mol. The fourth-order valence-corrected chi connectivity index (χ4v) is 2.72. The van der Waals surface area contributed by atoms with Gasteiger partial charge in [0.15, 0.2) is 0 Å². The first-order valence-electron chi connectivity index (χ1n) is 7.77. The maximum atomic E-state index is 12.6. The highest BCUT2D eigenvalue weighted by molar-refractivity contribution is 5.90. The third-order valence-electron chi connectivity index (χ3n) is 4.16. The second-order valence-electron chi connectivity index (χ2n) is 5.93.